The van der Waals surface area contributed by atoms with Gasteiger partial charge in [0.15, 0.2) is 0 Å². The number of hydrogen-bond acceptors (Lipinski definition) is 5. The van der Waals surface area contributed by atoms with Gasteiger partial charge in [-0.3, -0.25) is 9.59 Å². The molecule has 1 aliphatic heterocycles. The van der Waals surface area contributed by atoms with Gasteiger partial charge in [0.2, 0.25) is 11.8 Å². The number of carbonyl (C=O) groups excluding carboxylic acids is 2. The zero-order valence-corrected chi connectivity index (χ0v) is 23.7. The summed E-state index contributed by atoms with van der Waals surface area (Å²) in [5.41, 5.74) is 1.96. The third kappa shape index (κ3) is 8.45. The predicted octanol–water partition coefficient (Wildman–Crippen LogP) is 4.89. The normalized spacial score (nSPS) is 16.7. The number of benzene rings is 2. The average Bonchev–Trinajstić information content (AvgIpc) is 2.96. The molecule has 2 aromatic rings. The van der Waals surface area contributed by atoms with Gasteiger partial charge < -0.3 is 25.0 Å². The lowest BCUT2D eigenvalue weighted by molar-refractivity contribution is -0.196. The Morgan fingerprint density at radius 2 is 1.71 bits per heavy atom. The largest absolute Gasteiger partial charge is 0.491 e. The molecular weight excluding hydrogens is 554 g/mol. The Morgan fingerprint density at radius 1 is 1.05 bits per heavy atom. The van der Waals surface area contributed by atoms with Crippen molar-refractivity contribution in [3.63, 3.8) is 0 Å². The number of amides is 2. The first-order chi connectivity index (χ1) is 20.0. The predicted molar refractivity (Wildman–Crippen MR) is 155 cm³/mol. The third-order valence-electron chi connectivity index (χ3n) is 6.78. The van der Waals surface area contributed by atoms with E-state index in [9.17, 15) is 22.8 Å². The van der Waals surface area contributed by atoms with Gasteiger partial charge in [0.25, 0.3) is 0 Å². The second-order valence-electron chi connectivity index (χ2n) is 9.74. The molecule has 0 bridgehead atoms. The highest BCUT2D eigenvalue weighted by Gasteiger charge is 2.46. The summed E-state index contributed by atoms with van der Waals surface area (Å²) in [6.07, 6.45) is -1.50. The maximum Gasteiger partial charge on any atom is 0.408 e. The number of rotatable bonds is 11. The summed E-state index contributed by atoms with van der Waals surface area (Å²) in [6, 6.07) is 7.45. The molecule has 1 aliphatic rings. The van der Waals surface area contributed by atoms with Crippen LogP contribution in [0.4, 0.5) is 28.9 Å². The number of nitrogens with one attached hydrogen (secondary N) is 2. The molecule has 2 amide bonds. The Labute approximate surface area is 242 Å². The van der Waals surface area contributed by atoms with E-state index in [0.29, 0.717) is 53.1 Å². The van der Waals surface area contributed by atoms with Crippen LogP contribution in [0.25, 0.3) is 11.3 Å². The van der Waals surface area contributed by atoms with Crippen molar-refractivity contribution in [2.45, 2.75) is 44.8 Å². The molecule has 1 fully saturated rings. The lowest BCUT2D eigenvalue weighted by Crippen LogP contribution is -2.51. The third-order valence-corrected chi connectivity index (χ3v) is 6.78. The van der Waals surface area contributed by atoms with Crippen molar-refractivity contribution in [2.75, 3.05) is 37.5 Å². The van der Waals surface area contributed by atoms with Crippen LogP contribution >= 0.6 is 0 Å². The standard InChI is InChI=1S/C31H35F4N3O4/c1-5-20(3)24-17-23(42-16-15-41-4)18-25(32)30(24)26(6-2)36-21-10-12-22(13-11-21)37-28(39)19-29(40)38-14-8-7-9-27(38)31(33,34)35/h5-6,10-13,17-18,27,36H,1-2,7-9,14-16,19H2,3-4H3,(H,37,39)/b24-20-,30-26-/t27-/m1/s1. The molecule has 1 atom stereocenters. The summed E-state index contributed by atoms with van der Waals surface area (Å²) in [5.74, 6) is -1.79. The number of anilines is 2. The molecule has 2 N–H and O–H groups in total. The fourth-order valence-electron chi connectivity index (χ4n) is 4.63. The van der Waals surface area contributed by atoms with Gasteiger partial charge in [-0.25, -0.2) is 4.39 Å². The second kappa shape index (κ2) is 14.7. The molecule has 0 saturated carbocycles. The zero-order chi connectivity index (χ0) is 30.9. The van der Waals surface area contributed by atoms with E-state index in [1.165, 1.54) is 12.1 Å². The number of carbonyl (C=O) groups is 2. The smallest absolute Gasteiger partial charge is 0.408 e. The van der Waals surface area contributed by atoms with Gasteiger partial charge in [-0.2, -0.15) is 13.2 Å². The van der Waals surface area contributed by atoms with E-state index >= 15 is 4.39 Å². The van der Waals surface area contributed by atoms with Gasteiger partial charge in [-0.15, -0.1) is 0 Å². The molecule has 226 valence electrons. The monoisotopic (exact) mass is 589 g/mol. The minimum absolute atomic E-state index is 0.0330. The Balaban J connectivity index is 1.77. The molecule has 2 aromatic carbocycles. The SMILES string of the molecule is C=C/C(C)=c1/cc(OCCOC)cc(F)/c1=C(/C=C)Nc1ccc(NC(=O)CC(=O)N2CCCC[C@@H]2C(F)(F)F)cc1. The van der Waals surface area contributed by atoms with Gasteiger partial charge in [0.1, 0.15) is 30.6 Å². The maximum absolute atomic E-state index is 15.4. The number of halogens is 4. The topological polar surface area (TPSA) is 79.9 Å². The summed E-state index contributed by atoms with van der Waals surface area (Å²) in [6.45, 7) is 9.96. The molecular formula is C31H35F4N3O4. The van der Waals surface area contributed by atoms with Crippen molar-refractivity contribution in [3.8, 4) is 5.75 Å². The fourth-order valence-corrected chi connectivity index (χ4v) is 4.63. The quantitative estimate of drug-likeness (QED) is 0.222. The highest BCUT2D eigenvalue weighted by Crippen LogP contribution is 2.32. The van der Waals surface area contributed by atoms with Crippen molar-refractivity contribution in [3.05, 3.63) is 78.0 Å². The van der Waals surface area contributed by atoms with E-state index in [4.69, 9.17) is 9.47 Å². The summed E-state index contributed by atoms with van der Waals surface area (Å²) in [4.78, 5) is 25.7. The fraction of sp³-hybridized carbons (Fsp3) is 0.355. The van der Waals surface area contributed by atoms with Gasteiger partial charge in [-0.1, -0.05) is 19.2 Å². The Hall–Kier alpha value is -4.12. The first kappa shape index (κ1) is 32.4. The summed E-state index contributed by atoms with van der Waals surface area (Å²) in [5, 5.41) is 6.47. The van der Waals surface area contributed by atoms with Crippen LogP contribution in [-0.2, 0) is 14.3 Å². The number of likely N-dealkylation sites (tertiary alicyclic amines) is 1. The van der Waals surface area contributed by atoms with Crippen LogP contribution < -0.4 is 25.8 Å². The molecule has 0 radical (unpaired) electrons. The van der Waals surface area contributed by atoms with E-state index in [1.807, 2.05) is 0 Å². The number of allylic oxidation sites excluding steroid dienone is 1. The van der Waals surface area contributed by atoms with Crippen LogP contribution in [0.1, 0.15) is 32.6 Å². The molecule has 0 aliphatic carbocycles. The van der Waals surface area contributed by atoms with Gasteiger partial charge in [0, 0.05) is 42.0 Å². The van der Waals surface area contributed by atoms with Crippen LogP contribution in [0.3, 0.4) is 0 Å². The highest BCUT2D eigenvalue weighted by molar-refractivity contribution is 6.03. The molecule has 1 saturated heterocycles. The van der Waals surface area contributed by atoms with Crippen LogP contribution in [0.2, 0.25) is 0 Å². The molecule has 42 heavy (non-hydrogen) atoms. The van der Waals surface area contributed by atoms with Crippen LogP contribution in [0, 0.1) is 5.82 Å². The second-order valence-corrected chi connectivity index (χ2v) is 9.74. The Morgan fingerprint density at radius 3 is 2.31 bits per heavy atom. The van der Waals surface area contributed by atoms with Gasteiger partial charge in [0.05, 0.1) is 6.61 Å². The van der Waals surface area contributed by atoms with Crippen LogP contribution in [-0.4, -0.2) is 55.8 Å². The lowest BCUT2D eigenvalue weighted by Gasteiger charge is -2.36. The number of methoxy groups -OCH3 is 1. The van der Waals surface area contributed by atoms with E-state index in [-0.39, 0.29) is 24.8 Å². The number of piperidine rings is 1. The lowest BCUT2D eigenvalue weighted by atomic mass is 10.0. The van der Waals surface area contributed by atoms with E-state index in [0.717, 1.165) is 4.90 Å². The minimum atomic E-state index is -4.54. The molecule has 11 heteroatoms. The highest BCUT2D eigenvalue weighted by atomic mass is 19.4. The molecule has 0 aromatic heterocycles. The van der Waals surface area contributed by atoms with Crippen molar-refractivity contribution in [2.24, 2.45) is 0 Å². The van der Waals surface area contributed by atoms with Crippen molar-refractivity contribution in [1.29, 1.82) is 0 Å². The van der Waals surface area contributed by atoms with Gasteiger partial charge >= 0.3 is 6.18 Å². The minimum Gasteiger partial charge on any atom is -0.491 e. The van der Waals surface area contributed by atoms with Gasteiger partial charge in [-0.05, 0) is 73.4 Å². The van der Waals surface area contributed by atoms with E-state index in [1.54, 1.807) is 50.4 Å². The number of nitrogens with zero attached hydrogens (tertiary/aromatic N) is 1. The summed E-state index contributed by atoms with van der Waals surface area (Å²) in [7, 11) is 1.54. The van der Waals surface area contributed by atoms with Crippen molar-refractivity contribution in [1.82, 2.24) is 4.90 Å². The molecule has 7 nitrogen and oxygen atoms in total. The maximum atomic E-state index is 15.4. The van der Waals surface area contributed by atoms with E-state index < -0.39 is 36.3 Å². The molecule has 1 heterocycles. The van der Waals surface area contributed by atoms with Crippen molar-refractivity contribution < 1.29 is 36.6 Å². The number of hydrogen-bond donors (Lipinski definition) is 2. The zero-order valence-electron chi connectivity index (χ0n) is 23.7. The first-order valence-corrected chi connectivity index (χ1v) is 13.4. The average molecular weight is 590 g/mol. The van der Waals surface area contributed by atoms with Crippen LogP contribution in [0.15, 0.2) is 61.7 Å². The Kier molecular flexibility index (Phi) is 11.3. The molecule has 0 spiro atoms. The Bertz CT molecular complexity index is 1420. The number of ether oxygens (including phenoxy) is 2. The molecule has 0 unspecified atom stereocenters. The van der Waals surface area contributed by atoms with E-state index in [2.05, 4.69) is 23.8 Å². The van der Waals surface area contributed by atoms with Crippen molar-refractivity contribution >= 4 is 34.5 Å². The summed E-state index contributed by atoms with van der Waals surface area (Å²) < 4.78 is 66.0. The molecule has 3 rings (SSSR count). The summed E-state index contributed by atoms with van der Waals surface area (Å²) >= 11 is 0. The van der Waals surface area contributed by atoms with Crippen LogP contribution in [0.5, 0.6) is 5.75 Å². The first-order valence-electron chi connectivity index (χ1n) is 13.4. The number of alkyl halides is 3.